The Morgan fingerprint density at radius 3 is 2.56 bits per heavy atom. The van der Waals surface area contributed by atoms with Crippen LogP contribution in [-0.2, 0) is 26.2 Å². The topological polar surface area (TPSA) is 68.8 Å². The minimum Gasteiger partial charge on any atom is -0.331 e. The van der Waals surface area contributed by atoms with Crippen molar-refractivity contribution in [2.75, 3.05) is 11.4 Å². The Morgan fingerprint density at radius 2 is 1.82 bits per heavy atom. The number of pyridine rings is 1. The van der Waals surface area contributed by atoms with Crippen LogP contribution in [0.25, 0.3) is 21.9 Å². The summed E-state index contributed by atoms with van der Waals surface area (Å²) in [6, 6.07) is 9.51. The second kappa shape index (κ2) is 9.07. The molecule has 0 radical (unpaired) electrons. The van der Waals surface area contributed by atoms with E-state index in [9.17, 15) is 18.0 Å². The third-order valence-electron chi connectivity index (χ3n) is 7.22. The lowest BCUT2D eigenvalue weighted by atomic mass is 9.87. The Balaban J connectivity index is 1.53. The van der Waals surface area contributed by atoms with Crippen LogP contribution >= 0.6 is 0 Å². The predicted octanol–water partition coefficient (Wildman–Crippen LogP) is 5.72. The van der Waals surface area contributed by atoms with Crippen LogP contribution in [0.15, 0.2) is 61.3 Å². The van der Waals surface area contributed by atoms with Crippen LogP contribution in [0, 0.1) is 13.8 Å². The van der Waals surface area contributed by atoms with Crippen molar-refractivity contribution in [3.8, 4) is 11.1 Å². The fourth-order valence-electron chi connectivity index (χ4n) is 5.36. The van der Waals surface area contributed by atoms with E-state index in [1.165, 1.54) is 13.2 Å². The van der Waals surface area contributed by atoms with E-state index in [0.717, 1.165) is 26.8 Å². The van der Waals surface area contributed by atoms with E-state index in [1.807, 2.05) is 36.6 Å². The lowest BCUT2D eigenvalue weighted by molar-refractivity contribution is -0.140. The molecule has 1 aliphatic rings. The van der Waals surface area contributed by atoms with Gasteiger partial charge in [-0.15, -0.1) is 0 Å². The highest BCUT2D eigenvalue weighted by Crippen LogP contribution is 2.41. The van der Waals surface area contributed by atoms with E-state index in [4.69, 9.17) is 0 Å². The van der Waals surface area contributed by atoms with Crippen molar-refractivity contribution >= 4 is 22.4 Å². The lowest BCUT2D eigenvalue weighted by Crippen LogP contribution is -2.38. The number of hydrogen-bond acceptors (Lipinski definition) is 4. The zero-order chi connectivity index (χ0) is 27.5. The molecule has 4 heterocycles. The normalized spacial score (nSPS) is 13.8. The Morgan fingerprint density at radius 1 is 1.03 bits per heavy atom. The van der Waals surface area contributed by atoms with Gasteiger partial charge in [0.2, 0.25) is 0 Å². The fraction of sp³-hybridized carbons (Fsp3) is 0.241. The Hall–Kier alpha value is -4.47. The summed E-state index contributed by atoms with van der Waals surface area (Å²) in [6.45, 7) is 4.51. The van der Waals surface area contributed by atoms with Gasteiger partial charge < -0.3 is 9.47 Å². The summed E-state index contributed by atoms with van der Waals surface area (Å²) in [4.78, 5) is 24.4. The van der Waals surface area contributed by atoms with Crippen LogP contribution in [-0.4, -0.2) is 36.8 Å². The summed E-state index contributed by atoms with van der Waals surface area (Å²) >= 11 is 0. The number of imidazole rings is 1. The Labute approximate surface area is 222 Å². The van der Waals surface area contributed by atoms with Gasteiger partial charge in [-0.05, 0) is 55.2 Å². The van der Waals surface area contributed by atoms with Crippen molar-refractivity contribution < 1.29 is 18.0 Å². The van der Waals surface area contributed by atoms with E-state index >= 15 is 0 Å². The summed E-state index contributed by atoms with van der Waals surface area (Å²) in [6.07, 6.45) is 4.02. The monoisotopic (exact) mass is 530 g/mol. The molecule has 1 amide bonds. The standard InChI is InChI=1S/C29H25F3N6O/c1-17-4-5-20-13-33-14-26(22(20)10-17)38-8-6-21-23(25-16-36(3)35-27(25)29(30,31)32)11-19(12-24(21)28(38)39)15-37-9-7-34-18(37)2/h4-5,7,9-14,16H,6,8,15H2,1-3H3. The van der Waals surface area contributed by atoms with Gasteiger partial charge in [-0.3, -0.25) is 14.5 Å². The molecule has 0 atom stereocenters. The van der Waals surface area contributed by atoms with E-state index in [-0.39, 0.29) is 11.5 Å². The number of halogens is 3. The van der Waals surface area contributed by atoms with Crippen LogP contribution in [0.2, 0.25) is 0 Å². The fourth-order valence-corrected chi connectivity index (χ4v) is 5.36. The van der Waals surface area contributed by atoms with E-state index < -0.39 is 11.9 Å². The molecule has 0 aliphatic carbocycles. The molecule has 0 saturated heterocycles. The van der Waals surface area contributed by atoms with Crippen molar-refractivity contribution in [1.82, 2.24) is 24.3 Å². The van der Waals surface area contributed by atoms with Gasteiger partial charge in [0.05, 0.1) is 11.9 Å². The Bertz CT molecular complexity index is 1750. The molecule has 2 aromatic carbocycles. The first-order valence-corrected chi connectivity index (χ1v) is 12.5. The van der Waals surface area contributed by atoms with E-state index in [2.05, 4.69) is 15.1 Å². The third kappa shape index (κ3) is 4.35. The van der Waals surface area contributed by atoms with Crippen molar-refractivity contribution in [3.63, 3.8) is 0 Å². The summed E-state index contributed by atoms with van der Waals surface area (Å²) < 4.78 is 45.1. The molecule has 198 valence electrons. The smallest absolute Gasteiger partial charge is 0.331 e. The molecule has 0 N–H and O–H groups in total. The van der Waals surface area contributed by atoms with Gasteiger partial charge in [-0.25, -0.2) is 4.98 Å². The van der Waals surface area contributed by atoms with Crippen molar-refractivity contribution in [2.24, 2.45) is 7.05 Å². The number of nitrogens with zero attached hydrogens (tertiary/aromatic N) is 6. The zero-order valence-electron chi connectivity index (χ0n) is 21.6. The van der Waals surface area contributed by atoms with Crippen LogP contribution in [0.1, 0.15) is 38.6 Å². The van der Waals surface area contributed by atoms with E-state index in [0.29, 0.717) is 47.5 Å². The van der Waals surface area contributed by atoms with Gasteiger partial charge in [0.15, 0.2) is 5.69 Å². The molecule has 5 aromatic rings. The molecule has 0 bridgehead atoms. The van der Waals surface area contributed by atoms with Crippen LogP contribution in [0.4, 0.5) is 18.9 Å². The number of aryl methyl sites for hydroxylation is 3. The SMILES string of the molecule is Cc1ccc2cncc(N3CCc4c(cc(Cn5ccnc5C)cc4-c4cn(C)nc4C(F)(F)F)C3=O)c2c1. The molecule has 0 spiro atoms. The molecule has 1 aliphatic heterocycles. The quantitative estimate of drug-likeness (QED) is 0.298. The summed E-state index contributed by atoms with van der Waals surface area (Å²) in [5.74, 6) is 0.492. The first-order chi connectivity index (χ1) is 18.6. The first-order valence-electron chi connectivity index (χ1n) is 12.5. The van der Waals surface area contributed by atoms with Crippen LogP contribution in [0.3, 0.4) is 0 Å². The first kappa shape index (κ1) is 24.8. The molecular weight excluding hydrogens is 505 g/mol. The highest BCUT2D eigenvalue weighted by molar-refractivity contribution is 6.13. The van der Waals surface area contributed by atoms with Gasteiger partial charge in [0.1, 0.15) is 5.82 Å². The van der Waals surface area contributed by atoms with Crippen molar-refractivity contribution in [2.45, 2.75) is 33.0 Å². The number of hydrogen-bond donors (Lipinski definition) is 0. The maximum absolute atomic E-state index is 14.1. The summed E-state index contributed by atoms with van der Waals surface area (Å²) in [7, 11) is 1.46. The second-order valence-electron chi connectivity index (χ2n) is 9.92. The molecule has 39 heavy (non-hydrogen) atoms. The van der Waals surface area contributed by atoms with Gasteiger partial charge in [0.25, 0.3) is 5.91 Å². The van der Waals surface area contributed by atoms with Crippen LogP contribution in [0.5, 0.6) is 0 Å². The number of carbonyl (C=O) groups excluding carboxylic acids is 1. The molecule has 3 aromatic heterocycles. The number of rotatable bonds is 4. The predicted molar refractivity (Wildman–Crippen MR) is 142 cm³/mol. The maximum Gasteiger partial charge on any atom is 0.435 e. The number of carbonyl (C=O) groups is 1. The number of benzene rings is 2. The molecular formula is C29H25F3N6O. The van der Waals surface area contributed by atoms with Crippen molar-refractivity contribution in [3.05, 3.63) is 95.1 Å². The van der Waals surface area contributed by atoms with Crippen LogP contribution < -0.4 is 4.90 Å². The lowest BCUT2D eigenvalue weighted by Gasteiger charge is -2.31. The number of anilines is 1. The molecule has 6 rings (SSSR count). The molecule has 0 unspecified atom stereocenters. The second-order valence-corrected chi connectivity index (χ2v) is 9.92. The van der Waals surface area contributed by atoms with Gasteiger partial charge >= 0.3 is 6.18 Å². The highest BCUT2D eigenvalue weighted by atomic mass is 19.4. The van der Waals surface area contributed by atoms with Gasteiger partial charge in [0, 0.05) is 66.8 Å². The average Bonchev–Trinajstić information content (AvgIpc) is 3.49. The molecule has 10 heteroatoms. The summed E-state index contributed by atoms with van der Waals surface area (Å²) in [5.41, 5.74) is 2.78. The third-order valence-corrected chi connectivity index (χ3v) is 7.22. The largest absolute Gasteiger partial charge is 0.435 e. The van der Waals surface area contributed by atoms with Crippen molar-refractivity contribution in [1.29, 1.82) is 0 Å². The molecule has 0 saturated carbocycles. The highest BCUT2D eigenvalue weighted by Gasteiger charge is 2.39. The average molecular weight is 531 g/mol. The van der Waals surface area contributed by atoms with Gasteiger partial charge in [-0.2, -0.15) is 18.3 Å². The summed E-state index contributed by atoms with van der Waals surface area (Å²) in [5, 5.41) is 5.53. The number of aromatic nitrogens is 5. The number of alkyl halides is 3. The molecule has 7 nitrogen and oxygen atoms in total. The minimum atomic E-state index is -4.64. The number of amides is 1. The zero-order valence-corrected chi connectivity index (χ0v) is 21.6. The van der Waals surface area contributed by atoms with E-state index in [1.54, 1.807) is 41.8 Å². The Kier molecular flexibility index (Phi) is 5.78. The number of fused-ring (bicyclic) bond motifs is 2. The maximum atomic E-state index is 14.1. The van der Waals surface area contributed by atoms with Gasteiger partial charge in [-0.1, -0.05) is 17.7 Å². The molecule has 0 fully saturated rings. The minimum absolute atomic E-state index is 0.0332.